The van der Waals surface area contributed by atoms with Crippen LogP contribution in [0.2, 0.25) is 0 Å². The summed E-state index contributed by atoms with van der Waals surface area (Å²) in [7, 11) is 1.70. The van der Waals surface area contributed by atoms with Crippen molar-refractivity contribution >= 4 is 27.9 Å². The maximum Gasteiger partial charge on any atom is 0.223 e. The average Bonchev–Trinajstić information content (AvgIpc) is 3.44. The van der Waals surface area contributed by atoms with Crippen LogP contribution in [0.15, 0.2) is 66.2 Å². The van der Waals surface area contributed by atoms with Crippen molar-refractivity contribution in [2.24, 2.45) is 0 Å². The highest BCUT2D eigenvalue weighted by Crippen LogP contribution is 2.28. The van der Waals surface area contributed by atoms with Gasteiger partial charge in [0.25, 0.3) is 0 Å². The molecule has 7 heteroatoms. The molecule has 2 aromatic carbocycles. The third-order valence-corrected chi connectivity index (χ3v) is 6.89. The van der Waals surface area contributed by atoms with Crippen LogP contribution in [0.25, 0.3) is 16.2 Å². The first-order chi connectivity index (χ1) is 15.7. The largest absolute Gasteiger partial charge is 0.495 e. The Balaban J connectivity index is 1.19. The number of piperazine rings is 1. The monoisotopic (exact) mass is 446 g/mol. The summed E-state index contributed by atoms with van der Waals surface area (Å²) in [5.74, 6) is 1.09. The normalized spacial score (nSPS) is 14.2. The summed E-state index contributed by atoms with van der Waals surface area (Å²) >= 11 is 1.63. The maximum atomic E-state index is 12.9. The zero-order chi connectivity index (χ0) is 21.9. The number of thiazole rings is 1. The number of ether oxygens (including phenoxy) is 1. The number of para-hydroxylation sites is 2. The van der Waals surface area contributed by atoms with Crippen LogP contribution in [0.4, 0.5) is 5.69 Å². The van der Waals surface area contributed by atoms with E-state index < -0.39 is 0 Å². The predicted octanol–water partition coefficient (Wildman–Crippen LogP) is 4.35. The van der Waals surface area contributed by atoms with Gasteiger partial charge in [0.05, 0.1) is 18.5 Å². The Morgan fingerprint density at radius 2 is 1.78 bits per heavy atom. The molecule has 6 nitrogen and oxygen atoms in total. The zero-order valence-corrected chi connectivity index (χ0v) is 18.9. The van der Waals surface area contributed by atoms with Gasteiger partial charge in [-0.25, -0.2) is 4.98 Å². The lowest BCUT2D eigenvalue weighted by molar-refractivity contribution is -0.131. The molecule has 0 aliphatic carbocycles. The molecule has 1 amide bonds. The highest BCUT2D eigenvalue weighted by molar-refractivity contribution is 7.15. The first kappa shape index (κ1) is 20.6. The number of fused-ring (bicyclic) bond motifs is 1. The number of methoxy groups -OCH3 is 1. The number of rotatable bonds is 6. The number of nitrogens with zero attached hydrogens (tertiary/aromatic N) is 4. The molecule has 1 saturated heterocycles. The first-order valence-corrected chi connectivity index (χ1v) is 11.8. The summed E-state index contributed by atoms with van der Waals surface area (Å²) < 4.78 is 7.61. The Kier molecular flexibility index (Phi) is 5.81. The van der Waals surface area contributed by atoms with E-state index in [0.717, 1.165) is 65.9 Å². The molecule has 1 aliphatic heterocycles. The van der Waals surface area contributed by atoms with Crippen LogP contribution in [0, 0.1) is 0 Å². The summed E-state index contributed by atoms with van der Waals surface area (Å²) in [5, 5.41) is 2.12. The molecular formula is C25H26N4O2S. The minimum atomic E-state index is 0.215. The Morgan fingerprint density at radius 3 is 2.56 bits per heavy atom. The van der Waals surface area contributed by atoms with Crippen LogP contribution in [0.3, 0.4) is 0 Å². The second kappa shape index (κ2) is 9.04. The van der Waals surface area contributed by atoms with E-state index in [9.17, 15) is 4.79 Å². The van der Waals surface area contributed by atoms with Crippen molar-refractivity contribution in [2.45, 2.75) is 12.8 Å². The van der Waals surface area contributed by atoms with Crippen molar-refractivity contribution in [3.8, 4) is 17.0 Å². The van der Waals surface area contributed by atoms with Crippen molar-refractivity contribution in [1.29, 1.82) is 0 Å². The van der Waals surface area contributed by atoms with Crippen molar-refractivity contribution in [3.05, 3.63) is 71.9 Å². The summed E-state index contributed by atoms with van der Waals surface area (Å²) in [6, 6.07) is 18.3. The number of benzene rings is 2. The highest BCUT2D eigenvalue weighted by atomic mass is 32.1. The number of hydrogen-bond acceptors (Lipinski definition) is 5. The van der Waals surface area contributed by atoms with Crippen LogP contribution < -0.4 is 9.64 Å². The molecule has 0 spiro atoms. The van der Waals surface area contributed by atoms with Gasteiger partial charge in [-0.3, -0.25) is 9.20 Å². The van der Waals surface area contributed by atoms with Crippen LogP contribution in [0.5, 0.6) is 5.75 Å². The number of imidazole rings is 1. The zero-order valence-electron chi connectivity index (χ0n) is 18.1. The Bertz CT molecular complexity index is 1210. The van der Waals surface area contributed by atoms with Gasteiger partial charge in [0.1, 0.15) is 5.75 Å². The van der Waals surface area contributed by atoms with E-state index in [0.29, 0.717) is 6.42 Å². The highest BCUT2D eigenvalue weighted by Gasteiger charge is 2.23. The topological polar surface area (TPSA) is 50.1 Å². The molecule has 0 radical (unpaired) electrons. The van der Waals surface area contributed by atoms with E-state index >= 15 is 0 Å². The van der Waals surface area contributed by atoms with Crippen LogP contribution in [0.1, 0.15) is 12.1 Å². The fraction of sp³-hybridized carbons (Fsp3) is 0.280. The van der Waals surface area contributed by atoms with Crippen molar-refractivity contribution in [2.75, 3.05) is 38.2 Å². The number of hydrogen-bond donors (Lipinski definition) is 0. The predicted molar refractivity (Wildman–Crippen MR) is 129 cm³/mol. The molecule has 164 valence electrons. The lowest BCUT2D eigenvalue weighted by Gasteiger charge is -2.36. The molecule has 3 heterocycles. The van der Waals surface area contributed by atoms with Gasteiger partial charge in [-0.05, 0) is 18.6 Å². The fourth-order valence-electron chi connectivity index (χ4n) is 4.24. The van der Waals surface area contributed by atoms with E-state index in [2.05, 4.69) is 39.1 Å². The van der Waals surface area contributed by atoms with Gasteiger partial charge < -0.3 is 14.5 Å². The Morgan fingerprint density at radius 1 is 1.03 bits per heavy atom. The van der Waals surface area contributed by atoms with Gasteiger partial charge in [-0.15, -0.1) is 11.3 Å². The molecule has 2 aromatic heterocycles. The molecule has 0 atom stereocenters. The van der Waals surface area contributed by atoms with E-state index in [-0.39, 0.29) is 5.91 Å². The third-order valence-electron chi connectivity index (χ3n) is 6.01. The standard InChI is InChI=1S/C25H26N4O2S/c1-31-23-10-6-5-9-22(23)27-13-15-28(16-14-27)24(30)12-11-20-18-32-25-26-21(17-29(20)25)19-7-3-2-4-8-19/h2-10,17-18H,11-16H2,1H3. The van der Waals surface area contributed by atoms with Crippen LogP contribution in [-0.4, -0.2) is 53.5 Å². The smallest absolute Gasteiger partial charge is 0.223 e. The molecule has 0 bridgehead atoms. The molecule has 0 N–H and O–H groups in total. The van der Waals surface area contributed by atoms with E-state index in [1.165, 1.54) is 0 Å². The van der Waals surface area contributed by atoms with E-state index in [4.69, 9.17) is 9.72 Å². The summed E-state index contributed by atoms with van der Waals surface area (Å²) in [4.78, 5) is 22.9. The first-order valence-electron chi connectivity index (χ1n) is 10.9. The van der Waals surface area contributed by atoms with Gasteiger partial charge in [0.15, 0.2) is 4.96 Å². The van der Waals surface area contributed by atoms with Crippen LogP contribution >= 0.6 is 11.3 Å². The molecule has 32 heavy (non-hydrogen) atoms. The molecule has 5 rings (SSSR count). The lowest BCUT2D eigenvalue weighted by atomic mass is 10.2. The number of aromatic nitrogens is 2. The molecular weight excluding hydrogens is 420 g/mol. The molecule has 0 saturated carbocycles. The number of aryl methyl sites for hydroxylation is 1. The number of carbonyl (C=O) groups is 1. The van der Waals surface area contributed by atoms with Gasteiger partial charge in [-0.2, -0.15) is 0 Å². The van der Waals surface area contributed by atoms with Gasteiger partial charge in [0.2, 0.25) is 5.91 Å². The SMILES string of the molecule is COc1ccccc1N1CCN(C(=O)CCc2csc3nc(-c4ccccc4)cn23)CC1. The van der Waals surface area contributed by atoms with E-state index in [1.807, 2.05) is 41.3 Å². The average molecular weight is 447 g/mol. The van der Waals surface area contributed by atoms with Gasteiger partial charge >= 0.3 is 0 Å². The maximum absolute atomic E-state index is 12.9. The lowest BCUT2D eigenvalue weighted by Crippen LogP contribution is -2.49. The Hall–Kier alpha value is -3.32. The minimum Gasteiger partial charge on any atom is -0.495 e. The quantitative estimate of drug-likeness (QED) is 0.442. The Labute approximate surface area is 191 Å². The van der Waals surface area contributed by atoms with Crippen LogP contribution in [-0.2, 0) is 11.2 Å². The minimum absolute atomic E-state index is 0.215. The second-order valence-corrected chi connectivity index (χ2v) is 8.75. The summed E-state index contributed by atoms with van der Waals surface area (Å²) in [5.41, 5.74) is 4.31. The molecule has 0 unspecified atom stereocenters. The van der Waals surface area contributed by atoms with Crippen molar-refractivity contribution in [1.82, 2.24) is 14.3 Å². The fourth-order valence-corrected chi connectivity index (χ4v) is 5.15. The van der Waals surface area contributed by atoms with Crippen molar-refractivity contribution < 1.29 is 9.53 Å². The third kappa shape index (κ3) is 4.08. The van der Waals surface area contributed by atoms with Gasteiger partial charge in [-0.1, -0.05) is 42.5 Å². The second-order valence-electron chi connectivity index (χ2n) is 7.91. The molecule has 1 fully saturated rings. The number of amides is 1. The summed E-state index contributed by atoms with van der Waals surface area (Å²) in [6.07, 6.45) is 3.31. The van der Waals surface area contributed by atoms with Crippen molar-refractivity contribution in [3.63, 3.8) is 0 Å². The van der Waals surface area contributed by atoms with Gasteiger partial charge in [0, 0.05) is 55.4 Å². The van der Waals surface area contributed by atoms with E-state index in [1.54, 1.807) is 18.4 Å². The number of anilines is 1. The molecule has 1 aliphatic rings. The summed E-state index contributed by atoms with van der Waals surface area (Å²) in [6.45, 7) is 3.10. The molecule has 4 aromatic rings. The number of carbonyl (C=O) groups excluding carboxylic acids is 1.